The lowest BCUT2D eigenvalue weighted by Crippen LogP contribution is -2.23. The van der Waals surface area contributed by atoms with Gasteiger partial charge in [0.2, 0.25) is 5.91 Å². The molecule has 0 radical (unpaired) electrons. The number of nitriles is 1. The van der Waals surface area contributed by atoms with Gasteiger partial charge < -0.3 is 5.32 Å². The second kappa shape index (κ2) is 8.27. The number of nitrogens with zero attached hydrogens (tertiary/aromatic N) is 1. The van der Waals surface area contributed by atoms with Crippen LogP contribution in [0.5, 0.6) is 0 Å². The molecule has 2 aromatic carbocycles. The van der Waals surface area contributed by atoms with Crippen molar-refractivity contribution >= 4 is 17.2 Å². The summed E-state index contributed by atoms with van der Waals surface area (Å²) in [6, 6.07) is 19.7. The smallest absolute Gasteiger partial charge is 0.220 e. The molecule has 0 bridgehead atoms. The number of amides is 1. The number of rotatable bonds is 6. The molecule has 0 aliphatic heterocycles. The van der Waals surface area contributed by atoms with Crippen LogP contribution < -0.4 is 5.32 Å². The Morgan fingerprint density at radius 2 is 1.88 bits per heavy atom. The summed E-state index contributed by atoms with van der Waals surface area (Å²) in [5.74, 6) is 0.0319. The van der Waals surface area contributed by atoms with Gasteiger partial charge in [-0.25, -0.2) is 0 Å². The first kappa shape index (κ1) is 16.9. The third-order valence-corrected chi connectivity index (χ3v) is 4.73. The molecule has 0 fully saturated rings. The third kappa shape index (κ3) is 4.56. The fraction of sp³-hybridized carbons (Fsp3) is 0.143. The first-order valence-corrected chi connectivity index (χ1v) is 9.07. The van der Waals surface area contributed by atoms with Gasteiger partial charge in [-0.3, -0.25) is 4.79 Å². The van der Waals surface area contributed by atoms with E-state index < -0.39 is 0 Å². The SMILES string of the molecule is N#Cc1ccc(CCC(=O)NCc2ccccc2-c2ccsc2)cc1. The summed E-state index contributed by atoms with van der Waals surface area (Å²) < 4.78 is 0. The van der Waals surface area contributed by atoms with Gasteiger partial charge in [-0.15, -0.1) is 0 Å². The van der Waals surface area contributed by atoms with Crippen molar-refractivity contribution in [3.8, 4) is 17.2 Å². The molecule has 1 amide bonds. The van der Waals surface area contributed by atoms with Crippen LogP contribution in [0.15, 0.2) is 65.4 Å². The Morgan fingerprint density at radius 3 is 2.60 bits per heavy atom. The highest BCUT2D eigenvalue weighted by atomic mass is 32.1. The van der Waals surface area contributed by atoms with E-state index in [2.05, 4.69) is 34.3 Å². The molecule has 1 heterocycles. The lowest BCUT2D eigenvalue weighted by molar-refractivity contribution is -0.121. The standard InChI is InChI=1S/C21H18N2OS/c22-13-17-7-5-16(6-8-17)9-10-21(24)23-14-18-3-1-2-4-20(18)19-11-12-25-15-19/h1-8,11-12,15H,9-10,14H2,(H,23,24). The summed E-state index contributed by atoms with van der Waals surface area (Å²) >= 11 is 1.67. The molecule has 3 nitrogen and oxygen atoms in total. The van der Waals surface area contributed by atoms with Crippen molar-refractivity contribution in [3.05, 3.63) is 82.0 Å². The number of nitrogens with one attached hydrogen (secondary N) is 1. The van der Waals surface area contributed by atoms with Crippen molar-refractivity contribution in [1.82, 2.24) is 5.32 Å². The van der Waals surface area contributed by atoms with Crippen LogP contribution in [0.1, 0.15) is 23.1 Å². The second-order valence-electron chi connectivity index (χ2n) is 5.75. The van der Waals surface area contributed by atoms with Crippen LogP contribution in [0, 0.1) is 11.3 Å². The number of benzene rings is 2. The summed E-state index contributed by atoms with van der Waals surface area (Å²) in [6.07, 6.45) is 1.11. The lowest BCUT2D eigenvalue weighted by atomic mass is 10.0. The highest BCUT2D eigenvalue weighted by molar-refractivity contribution is 7.08. The van der Waals surface area contributed by atoms with E-state index in [9.17, 15) is 4.79 Å². The number of aryl methyl sites for hydroxylation is 1. The molecule has 0 spiro atoms. The monoisotopic (exact) mass is 346 g/mol. The van der Waals surface area contributed by atoms with Crippen LogP contribution in [0.3, 0.4) is 0 Å². The van der Waals surface area contributed by atoms with E-state index in [0.717, 1.165) is 16.7 Å². The van der Waals surface area contributed by atoms with Crippen LogP contribution in [0.2, 0.25) is 0 Å². The van der Waals surface area contributed by atoms with E-state index in [1.807, 2.05) is 30.3 Å². The first-order valence-electron chi connectivity index (χ1n) is 8.12. The quantitative estimate of drug-likeness (QED) is 0.712. The Labute approximate surface area is 151 Å². The van der Waals surface area contributed by atoms with E-state index in [1.165, 1.54) is 5.56 Å². The minimum absolute atomic E-state index is 0.0319. The highest BCUT2D eigenvalue weighted by Crippen LogP contribution is 2.25. The first-order chi connectivity index (χ1) is 12.3. The summed E-state index contributed by atoms with van der Waals surface area (Å²) in [7, 11) is 0. The maximum absolute atomic E-state index is 12.1. The summed E-state index contributed by atoms with van der Waals surface area (Å²) in [5, 5.41) is 16.0. The Bertz CT molecular complexity index is 877. The van der Waals surface area contributed by atoms with Crippen LogP contribution in [0.4, 0.5) is 0 Å². The normalized spacial score (nSPS) is 10.2. The zero-order valence-electron chi connectivity index (χ0n) is 13.7. The number of thiophene rings is 1. The van der Waals surface area contributed by atoms with Gasteiger partial charge in [0, 0.05) is 13.0 Å². The Hall–Kier alpha value is -2.90. The van der Waals surface area contributed by atoms with E-state index in [1.54, 1.807) is 23.5 Å². The average Bonchev–Trinajstić information content (AvgIpc) is 3.20. The zero-order chi connectivity index (χ0) is 17.5. The summed E-state index contributed by atoms with van der Waals surface area (Å²) in [4.78, 5) is 12.1. The number of carbonyl (C=O) groups is 1. The fourth-order valence-corrected chi connectivity index (χ4v) is 3.32. The topological polar surface area (TPSA) is 52.9 Å². The molecule has 124 valence electrons. The maximum atomic E-state index is 12.1. The molecule has 3 rings (SSSR count). The van der Waals surface area contributed by atoms with Gasteiger partial charge in [-0.05, 0) is 57.6 Å². The minimum atomic E-state index is 0.0319. The highest BCUT2D eigenvalue weighted by Gasteiger charge is 2.07. The molecule has 0 atom stereocenters. The maximum Gasteiger partial charge on any atom is 0.220 e. The van der Waals surface area contributed by atoms with Crippen molar-refractivity contribution in [3.63, 3.8) is 0 Å². The molecule has 1 aromatic heterocycles. The number of hydrogen-bond donors (Lipinski definition) is 1. The Balaban J connectivity index is 1.55. The zero-order valence-corrected chi connectivity index (χ0v) is 14.6. The molecule has 0 unspecified atom stereocenters. The molecule has 1 N–H and O–H groups in total. The largest absolute Gasteiger partial charge is 0.352 e. The molecule has 0 aliphatic rings. The van der Waals surface area contributed by atoms with Gasteiger partial charge in [-0.2, -0.15) is 16.6 Å². The van der Waals surface area contributed by atoms with Gasteiger partial charge in [0.05, 0.1) is 11.6 Å². The van der Waals surface area contributed by atoms with Crippen LogP contribution in [0.25, 0.3) is 11.1 Å². The summed E-state index contributed by atoms with van der Waals surface area (Å²) in [6.45, 7) is 0.526. The number of carbonyl (C=O) groups excluding carboxylic acids is 1. The molecule has 0 aliphatic carbocycles. The van der Waals surface area contributed by atoms with Crippen molar-refractivity contribution in [2.24, 2.45) is 0 Å². The predicted molar refractivity (Wildman–Crippen MR) is 101 cm³/mol. The molecular weight excluding hydrogens is 328 g/mol. The predicted octanol–water partition coefficient (Wildman–Crippen LogP) is 4.54. The second-order valence-corrected chi connectivity index (χ2v) is 6.53. The molecular formula is C21H18N2OS. The lowest BCUT2D eigenvalue weighted by Gasteiger charge is -2.10. The van der Waals surface area contributed by atoms with E-state index in [0.29, 0.717) is 24.9 Å². The van der Waals surface area contributed by atoms with Gasteiger partial charge in [0.25, 0.3) is 0 Å². The van der Waals surface area contributed by atoms with Gasteiger partial charge in [-0.1, -0.05) is 36.4 Å². The Kier molecular flexibility index (Phi) is 5.61. The van der Waals surface area contributed by atoms with Crippen LogP contribution >= 0.6 is 11.3 Å². The van der Waals surface area contributed by atoms with Crippen LogP contribution in [-0.2, 0) is 17.8 Å². The van der Waals surface area contributed by atoms with Crippen molar-refractivity contribution in [1.29, 1.82) is 5.26 Å². The summed E-state index contributed by atoms with van der Waals surface area (Å²) in [5.41, 5.74) is 5.17. The van der Waals surface area contributed by atoms with Crippen molar-refractivity contribution in [2.75, 3.05) is 0 Å². The number of hydrogen-bond acceptors (Lipinski definition) is 3. The average molecular weight is 346 g/mol. The molecule has 3 aromatic rings. The van der Waals surface area contributed by atoms with Crippen molar-refractivity contribution in [2.45, 2.75) is 19.4 Å². The molecule has 25 heavy (non-hydrogen) atoms. The Morgan fingerprint density at radius 1 is 1.08 bits per heavy atom. The minimum Gasteiger partial charge on any atom is -0.352 e. The van der Waals surface area contributed by atoms with Gasteiger partial charge in [0.15, 0.2) is 0 Å². The third-order valence-electron chi connectivity index (χ3n) is 4.05. The fourth-order valence-electron chi connectivity index (χ4n) is 2.66. The van der Waals surface area contributed by atoms with Crippen molar-refractivity contribution < 1.29 is 4.79 Å². The molecule has 0 saturated heterocycles. The van der Waals surface area contributed by atoms with E-state index in [4.69, 9.17) is 5.26 Å². The van der Waals surface area contributed by atoms with E-state index >= 15 is 0 Å². The van der Waals surface area contributed by atoms with E-state index in [-0.39, 0.29) is 5.91 Å². The molecule has 0 saturated carbocycles. The van der Waals surface area contributed by atoms with Gasteiger partial charge >= 0.3 is 0 Å². The van der Waals surface area contributed by atoms with Crippen LogP contribution in [-0.4, -0.2) is 5.91 Å². The molecule has 4 heteroatoms. The van der Waals surface area contributed by atoms with Gasteiger partial charge in [0.1, 0.15) is 0 Å².